The number of nitrogens with zero attached hydrogens (tertiary/aromatic N) is 1. The fourth-order valence-electron chi connectivity index (χ4n) is 2.25. The fourth-order valence-corrected chi connectivity index (χ4v) is 2.25. The molecule has 0 unspecified atom stereocenters. The Kier molecular flexibility index (Phi) is 6.44. The molecule has 0 bridgehead atoms. The van der Waals surface area contributed by atoms with Crippen LogP contribution in [-0.4, -0.2) is 54.1 Å². The zero-order chi connectivity index (χ0) is 17.0. The van der Waals surface area contributed by atoms with E-state index in [1.807, 2.05) is 41.5 Å². The van der Waals surface area contributed by atoms with Gasteiger partial charge in [-0.05, 0) is 48.0 Å². The van der Waals surface area contributed by atoms with Gasteiger partial charge in [-0.25, -0.2) is 4.79 Å². The molecule has 0 saturated carbocycles. The van der Waals surface area contributed by atoms with Crippen LogP contribution >= 0.6 is 0 Å². The van der Waals surface area contributed by atoms with E-state index < -0.39 is 5.60 Å². The van der Waals surface area contributed by atoms with Gasteiger partial charge in [0.25, 0.3) is 0 Å². The highest BCUT2D eigenvalue weighted by Gasteiger charge is 2.38. The Labute approximate surface area is 134 Å². The van der Waals surface area contributed by atoms with E-state index in [1.165, 1.54) is 0 Å². The molecule has 128 valence electrons. The van der Waals surface area contributed by atoms with Crippen molar-refractivity contribution in [3.05, 3.63) is 12.7 Å². The standard InChI is InChI=1S/C17H31NO4/c1-8-9-20-14-10-13(12-21-16(2,3)4)18(11-14)15(19)22-17(5,6)7/h8,13-14H,1,9-12H2,2-7H3/t13-,14+/m1/s1. The molecule has 5 heteroatoms. The molecule has 5 nitrogen and oxygen atoms in total. The van der Waals surface area contributed by atoms with Crippen molar-refractivity contribution in [2.24, 2.45) is 0 Å². The molecule has 1 amide bonds. The third kappa shape index (κ3) is 6.79. The Balaban J connectivity index is 2.70. The maximum atomic E-state index is 12.4. The molecule has 1 fully saturated rings. The first-order chi connectivity index (χ1) is 10.0. The van der Waals surface area contributed by atoms with E-state index in [0.717, 1.165) is 6.42 Å². The average molecular weight is 313 g/mol. The number of likely N-dealkylation sites (tertiary alicyclic amines) is 1. The predicted molar refractivity (Wildman–Crippen MR) is 87.0 cm³/mol. The first-order valence-corrected chi connectivity index (χ1v) is 7.88. The number of hydrogen-bond acceptors (Lipinski definition) is 4. The van der Waals surface area contributed by atoms with E-state index in [-0.39, 0.29) is 23.8 Å². The molecular weight excluding hydrogens is 282 g/mol. The average Bonchev–Trinajstić information content (AvgIpc) is 2.74. The van der Waals surface area contributed by atoms with E-state index in [4.69, 9.17) is 14.2 Å². The molecule has 0 N–H and O–H groups in total. The summed E-state index contributed by atoms with van der Waals surface area (Å²) in [6.45, 7) is 16.8. The van der Waals surface area contributed by atoms with Gasteiger partial charge >= 0.3 is 6.09 Å². The first-order valence-electron chi connectivity index (χ1n) is 7.88. The van der Waals surface area contributed by atoms with Gasteiger partial charge in [-0.15, -0.1) is 6.58 Å². The molecule has 1 aliphatic heterocycles. The Hall–Kier alpha value is -1.07. The zero-order valence-electron chi connectivity index (χ0n) is 14.8. The van der Waals surface area contributed by atoms with Crippen LogP contribution in [-0.2, 0) is 14.2 Å². The van der Waals surface area contributed by atoms with Crippen LogP contribution < -0.4 is 0 Å². The van der Waals surface area contributed by atoms with Crippen LogP contribution in [0.15, 0.2) is 12.7 Å². The van der Waals surface area contributed by atoms with Gasteiger partial charge in [-0.1, -0.05) is 6.08 Å². The van der Waals surface area contributed by atoms with Crippen molar-refractivity contribution >= 4 is 6.09 Å². The third-order valence-corrected chi connectivity index (χ3v) is 3.16. The SMILES string of the molecule is C=CCO[C@H]1C[C@H](COC(C)(C)C)N(C(=O)OC(C)(C)C)C1. The lowest BCUT2D eigenvalue weighted by molar-refractivity contribution is -0.0348. The molecule has 0 aromatic rings. The summed E-state index contributed by atoms with van der Waals surface area (Å²) in [5, 5.41) is 0. The van der Waals surface area contributed by atoms with Crippen LogP contribution in [0.25, 0.3) is 0 Å². The van der Waals surface area contributed by atoms with E-state index in [9.17, 15) is 4.79 Å². The molecule has 1 saturated heterocycles. The highest BCUT2D eigenvalue weighted by atomic mass is 16.6. The normalized spacial score (nSPS) is 22.7. The molecular formula is C17H31NO4. The van der Waals surface area contributed by atoms with Crippen molar-refractivity contribution in [2.75, 3.05) is 19.8 Å². The minimum Gasteiger partial charge on any atom is -0.444 e. The maximum absolute atomic E-state index is 12.4. The second kappa shape index (κ2) is 7.47. The van der Waals surface area contributed by atoms with E-state index >= 15 is 0 Å². The van der Waals surface area contributed by atoms with Crippen molar-refractivity contribution in [2.45, 2.75) is 71.3 Å². The number of ether oxygens (including phenoxy) is 3. The minimum atomic E-state index is -0.507. The highest BCUT2D eigenvalue weighted by molar-refractivity contribution is 5.69. The Morgan fingerprint density at radius 1 is 1.23 bits per heavy atom. The van der Waals surface area contributed by atoms with Crippen molar-refractivity contribution in [3.63, 3.8) is 0 Å². The second-order valence-corrected chi connectivity index (χ2v) is 7.69. The largest absolute Gasteiger partial charge is 0.444 e. The predicted octanol–water partition coefficient (Wildman–Crippen LogP) is 3.38. The van der Waals surface area contributed by atoms with Gasteiger partial charge in [0.05, 0.1) is 37.5 Å². The third-order valence-electron chi connectivity index (χ3n) is 3.16. The quantitative estimate of drug-likeness (QED) is 0.730. The van der Waals surface area contributed by atoms with Crippen LogP contribution in [0.4, 0.5) is 4.79 Å². The minimum absolute atomic E-state index is 0.000846. The number of carbonyl (C=O) groups is 1. The molecule has 1 heterocycles. The van der Waals surface area contributed by atoms with Crippen LogP contribution in [0.1, 0.15) is 48.0 Å². The van der Waals surface area contributed by atoms with Crippen LogP contribution in [0, 0.1) is 0 Å². The van der Waals surface area contributed by atoms with Gasteiger partial charge in [0.2, 0.25) is 0 Å². The Morgan fingerprint density at radius 3 is 2.36 bits per heavy atom. The summed E-state index contributed by atoms with van der Waals surface area (Å²) in [6.07, 6.45) is 2.17. The maximum Gasteiger partial charge on any atom is 0.410 e. The molecule has 22 heavy (non-hydrogen) atoms. The van der Waals surface area contributed by atoms with E-state index in [0.29, 0.717) is 19.8 Å². The van der Waals surface area contributed by atoms with Crippen LogP contribution in [0.3, 0.4) is 0 Å². The summed E-state index contributed by atoms with van der Waals surface area (Å²) in [4.78, 5) is 14.1. The summed E-state index contributed by atoms with van der Waals surface area (Å²) in [5.74, 6) is 0. The van der Waals surface area contributed by atoms with Crippen molar-refractivity contribution in [3.8, 4) is 0 Å². The number of amides is 1. The van der Waals surface area contributed by atoms with Gasteiger partial charge in [-0.3, -0.25) is 0 Å². The van der Waals surface area contributed by atoms with Gasteiger partial charge in [-0.2, -0.15) is 0 Å². The molecule has 0 aromatic heterocycles. The molecule has 0 spiro atoms. The van der Waals surface area contributed by atoms with E-state index in [2.05, 4.69) is 6.58 Å². The van der Waals surface area contributed by atoms with Gasteiger partial charge in [0.15, 0.2) is 0 Å². The molecule has 0 aliphatic carbocycles. The summed E-state index contributed by atoms with van der Waals surface area (Å²) < 4.78 is 17.0. The highest BCUT2D eigenvalue weighted by Crippen LogP contribution is 2.24. The van der Waals surface area contributed by atoms with Crippen molar-refractivity contribution < 1.29 is 19.0 Å². The Bertz CT molecular complexity index is 381. The Morgan fingerprint density at radius 2 is 1.86 bits per heavy atom. The number of hydrogen-bond donors (Lipinski definition) is 0. The monoisotopic (exact) mass is 313 g/mol. The van der Waals surface area contributed by atoms with E-state index in [1.54, 1.807) is 11.0 Å². The zero-order valence-corrected chi connectivity index (χ0v) is 14.8. The van der Waals surface area contributed by atoms with Crippen molar-refractivity contribution in [1.82, 2.24) is 4.90 Å². The van der Waals surface area contributed by atoms with Crippen LogP contribution in [0.2, 0.25) is 0 Å². The van der Waals surface area contributed by atoms with Gasteiger partial charge in [0.1, 0.15) is 5.60 Å². The molecule has 1 aliphatic rings. The topological polar surface area (TPSA) is 48.0 Å². The summed E-state index contributed by atoms with van der Waals surface area (Å²) in [7, 11) is 0. The summed E-state index contributed by atoms with van der Waals surface area (Å²) in [5.41, 5.74) is -0.744. The number of rotatable bonds is 5. The molecule has 1 rings (SSSR count). The second-order valence-electron chi connectivity index (χ2n) is 7.69. The van der Waals surface area contributed by atoms with Crippen molar-refractivity contribution in [1.29, 1.82) is 0 Å². The lowest BCUT2D eigenvalue weighted by Gasteiger charge is -2.30. The van der Waals surface area contributed by atoms with Gasteiger partial charge < -0.3 is 19.1 Å². The first kappa shape index (κ1) is 19.0. The lowest BCUT2D eigenvalue weighted by atomic mass is 10.1. The van der Waals surface area contributed by atoms with Gasteiger partial charge in [0, 0.05) is 0 Å². The summed E-state index contributed by atoms with van der Waals surface area (Å²) >= 11 is 0. The fraction of sp³-hybridized carbons (Fsp3) is 0.824. The summed E-state index contributed by atoms with van der Waals surface area (Å²) in [6, 6.07) is -0.0242. The lowest BCUT2D eigenvalue weighted by Crippen LogP contribution is -2.43. The smallest absolute Gasteiger partial charge is 0.410 e. The molecule has 2 atom stereocenters. The molecule has 0 aromatic carbocycles. The molecule has 0 radical (unpaired) electrons. The number of carbonyl (C=O) groups excluding carboxylic acids is 1. The van der Waals surface area contributed by atoms with Crippen LogP contribution in [0.5, 0.6) is 0 Å².